The summed E-state index contributed by atoms with van der Waals surface area (Å²) < 4.78 is 0. The van der Waals surface area contributed by atoms with Crippen LogP contribution in [-0.2, 0) is 0 Å². The smallest absolute Gasteiger partial charge is 0.257 e. The van der Waals surface area contributed by atoms with E-state index < -0.39 is 0 Å². The quantitative estimate of drug-likeness (QED) is 0.923. The number of nitrogens with one attached hydrogen (secondary N) is 1. The Labute approximate surface area is 134 Å². The predicted octanol–water partition coefficient (Wildman–Crippen LogP) is 2.23. The van der Waals surface area contributed by atoms with E-state index in [4.69, 9.17) is 11.6 Å². The van der Waals surface area contributed by atoms with Crippen molar-refractivity contribution in [1.29, 1.82) is 0 Å². The minimum Gasteiger partial charge on any atom is -0.329 e. The molecule has 1 aromatic carbocycles. The van der Waals surface area contributed by atoms with E-state index >= 15 is 0 Å². The number of amides is 1. The van der Waals surface area contributed by atoms with Gasteiger partial charge in [0.2, 0.25) is 0 Å². The van der Waals surface area contributed by atoms with Gasteiger partial charge in [-0.2, -0.15) is 0 Å². The molecule has 5 nitrogen and oxygen atoms in total. The molecule has 1 unspecified atom stereocenters. The van der Waals surface area contributed by atoms with Crippen molar-refractivity contribution in [2.24, 2.45) is 0 Å². The molecule has 1 atom stereocenters. The fraction of sp³-hybridized carbons (Fsp3) is 0.312. The van der Waals surface area contributed by atoms with Crippen molar-refractivity contribution in [1.82, 2.24) is 20.2 Å². The van der Waals surface area contributed by atoms with E-state index in [2.05, 4.69) is 15.3 Å². The summed E-state index contributed by atoms with van der Waals surface area (Å²) in [6.07, 6.45) is 3.03. The van der Waals surface area contributed by atoms with Crippen LogP contribution in [-0.4, -0.2) is 40.4 Å². The standard InChI is InChI=1S/C16H17ClN4O/c1-11-13(8-19-10-20-11)16(22)21-7-6-18-9-15(21)12-4-2-3-5-14(12)17/h2-5,8,10,15,18H,6-7,9H2,1H3. The van der Waals surface area contributed by atoms with Crippen molar-refractivity contribution >= 4 is 17.5 Å². The van der Waals surface area contributed by atoms with E-state index in [1.165, 1.54) is 6.33 Å². The first-order chi connectivity index (χ1) is 10.7. The van der Waals surface area contributed by atoms with E-state index in [1.54, 1.807) is 6.20 Å². The summed E-state index contributed by atoms with van der Waals surface area (Å²) in [5.74, 6) is -0.0514. The van der Waals surface area contributed by atoms with Crippen LogP contribution in [0.15, 0.2) is 36.8 Å². The second-order valence-corrected chi connectivity index (χ2v) is 5.67. The van der Waals surface area contributed by atoms with Crippen LogP contribution in [0, 0.1) is 6.92 Å². The lowest BCUT2D eigenvalue weighted by atomic mass is 10.0. The number of hydrogen-bond acceptors (Lipinski definition) is 4. The van der Waals surface area contributed by atoms with Gasteiger partial charge in [0.1, 0.15) is 6.33 Å². The van der Waals surface area contributed by atoms with Crippen LogP contribution in [0.5, 0.6) is 0 Å². The lowest BCUT2D eigenvalue weighted by Gasteiger charge is -2.37. The van der Waals surface area contributed by atoms with Crippen LogP contribution in [0.3, 0.4) is 0 Å². The van der Waals surface area contributed by atoms with Crippen LogP contribution < -0.4 is 5.32 Å². The summed E-state index contributed by atoms with van der Waals surface area (Å²) in [7, 11) is 0. The van der Waals surface area contributed by atoms with Crippen molar-refractivity contribution in [2.45, 2.75) is 13.0 Å². The SMILES string of the molecule is Cc1ncncc1C(=O)N1CCNCC1c1ccccc1Cl. The average Bonchev–Trinajstić information content (AvgIpc) is 2.55. The topological polar surface area (TPSA) is 58.1 Å². The van der Waals surface area contributed by atoms with E-state index in [1.807, 2.05) is 36.1 Å². The number of carbonyl (C=O) groups excluding carboxylic acids is 1. The normalized spacial score (nSPS) is 18.3. The Bertz CT molecular complexity index is 691. The van der Waals surface area contributed by atoms with Crippen LogP contribution in [0.1, 0.15) is 27.7 Å². The largest absolute Gasteiger partial charge is 0.329 e. The molecule has 1 amide bonds. The van der Waals surface area contributed by atoms with E-state index in [-0.39, 0.29) is 11.9 Å². The van der Waals surface area contributed by atoms with Crippen molar-refractivity contribution < 1.29 is 4.79 Å². The molecule has 0 radical (unpaired) electrons. The maximum Gasteiger partial charge on any atom is 0.257 e. The van der Waals surface area contributed by atoms with Gasteiger partial charge in [0.05, 0.1) is 17.3 Å². The highest BCUT2D eigenvalue weighted by Gasteiger charge is 2.30. The molecule has 0 aliphatic carbocycles. The number of nitrogens with zero attached hydrogens (tertiary/aromatic N) is 3. The Kier molecular flexibility index (Phi) is 4.36. The zero-order chi connectivity index (χ0) is 15.5. The van der Waals surface area contributed by atoms with Gasteiger partial charge in [-0.25, -0.2) is 9.97 Å². The highest BCUT2D eigenvalue weighted by atomic mass is 35.5. The molecule has 6 heteroatoms. The summed E-state index contributed by atoms with van der Waals surface area (Å²) in [4.78, 5) is 22.8. The molecule has 1 aliphatic rings. The van der Waals surface area contributed by atoms with Gasteiger partial charge < -0.3 is 10.2 Å². The van der Waals surface area contributed by atoms with Crippen LogP contribution in [0.25, 0.3) is 0 Å². The molecule has 0 bridgehead atoms. The lowest BCUT2D eigenvalue weighted by Crippen LogP contribution is -2.49. The van der Waals surface area contributed by atoms with Gasteiger partial charge in [0.15, 0.2) is 0 Å². The van der Waals surface area contributed by atoms with Gasteiger partial charge in [-0.05, 0) is 18.6 Å². The number of piperazine rings is 1. The molecular weight excluding hydrogens is 300 g/mol. The molecule has 1 aromatic heterocycles. The predicted molar refractivity (Wildman–Crippen MR) is 84.9 cm³/mol. The second-order valence-electron chi connectivity index (χ2n) is 5.26. The van der Waals surface area contributed by atoms with Crippen molar-refractivity contribution in [3.63, 3.8) is 0 Å². The minimum atomic E-state index is -0.0884. The van der Waals surface area contributed by atoms with Crippen molar-refractivity contribution in [2.75, 3.05) is 19.6 Å². The van der Waals surface area contributed by atoms with Crippen LogP contribution in [0.4, 0.5) is 0 Å². The Balaban J connectivity index is 1.95. The molecule has 114 valence electrons. The Morgan fingerprint density at radius 2 is 2.23 bits per heavy atom. The number of halogens is 1. The van der Waals surface area contributed by atoms with E-state index in [9.17, 15) is 4.79 Å². The van der Waals surface area contributed by atoms with Crippen LogP contribution in [0.2, 0.25) is 5.02 Å². The molecule has 1 fully saturated rings. The van der Waals surface area contributed by atoms with Crippen molar-refractivity contribution in [3.05, 3.63) is 58.6 Å². The van der Waals surface area contributed by atoms with Gasteiger partial charge >= 0.3 is 0 Å². The fourth-order valence-electron chi connectivity index (χ4n) is 2.73. The van der Waals surface area contributed by atoms with E-state index in [0.717, 1.165) is 12.1 Å². The maximum absolute atomic E-state index is 12.9. The molecule has 2 heterocycles. The van der Waals surface area contributed by atoms with Crippen molar-refractivity contribution in [3.8, 4) is 0 Å². The van der Waals surface area contributed by atoms with Gasteiger partial charge in [-0.15, -0.1) is 0 Å². The van der Waals surface area contributed by atoms with Crippen LogP contribution >= 0.6 is 11.6 Å². The monoisotopic (exact) mass is 316 g/mol. The second kappa shape index (κ2) is 6.42. The molecule has 1 saturated heterocycles. The number of rotatable bonds is 2. The Hall–Kier alpha value is -1.98. The van der Waals surface area contributed by atoms with Gasteiger partial charge in [0, 0.05) is 30.9 Å². The third-order valence-electron chi connectivity index (χ3n) is 3.91. The summed E-state index contributed by atoms with van der Waals surface area (Å²) in [6, 6.07) is 7.56. The number of aryl methyl sites for hydroxylation is 1. The van der Waals surface area contributed by atoms with E-state index in [0.29, 0.717) is 29.4 Å². The third kappa shape index (κ3) is 2.82. The molecule has 1 aliphatic heterocycles. The zero-order valence-electron chi connectivity index (χ0n) is 12.3. The molecule has 22 heavy (non-hydrogen) atoms. The van der Waals surface area contributed by atoms with Gasteiger partial charge in [-0.1, -0.05) is 29.8 Å². The summed E-state index contributed by atoms with van der Waals surface area (Å²) >= 11 is 6.31. The fourth-order valence-corrected chi connectivity index (χ4v) is 2.99. The molecule has 2 aromatic rings. The summed E-state index contributed by atoms with van der Waals surface area (Å²) in [5.41, 5.74) is 2.19. The Morgan fingerprint density at radius 1 is 1.41 bits per heavy atom. The molecule has 0 spiro atoms. The van der Waals surface area contributed by atoms with Gasteiger partial charge in [0.25, 0.3) is 5.91 Å². The zero-order valence-corrected chi connectivity index (χ0v) is 13.0. The molecule has 3 rings (SSSR count). The third-order valence-corrected chi connectivity index (χ3v) is 4.25. The summed E-state index contributed by atoms with van der Waals surface area (Å²) in [5, 5.41) is 4.00. The number of hydrogen-bond donors (Lipinski definition) is 1. The Morgan fingerprint density at radius 3 is 3.00 bits per heavy atom. The highest BCUT2D eigenvalue weighted by Crippen LogP contribution is 2.29. The molecular formula is C16H17ClN4O. The first-order valence-electron chi connectivity index (χ1n) is 7.21. The first kappa shape index (κ1) is 14.9. The first-order valence-corrected chi connectivity index (χ1v) is 7.59. The maximum atomic E-state index is 12.9. The highest BCUT2D eigenvalue weighted by molar-refractivity contribution is 6.31. The number of aromatic nitrogens is 2. The van der Waals surface area contributed by atoms with Gasteiger partial charge in [-0.3, -0.25) is 4.79 Å². The lowest BCUT2D eigenvalue weighted by molar-refractivity contribution is 0.0632. The number of carbonyl (C=O) groups is 1. The molecule has 1 N–H and O–H groups in total. The number of benzene rings is 1. The molecule has 0 saturated carbocycles. The summed E-state index contributed by atoms with van der Waals surface area (Å²) in [6.45, 7) is 3.90. The minimum absolute atomic E-state index is 0.0514. The average molecular weight is 317 g/mol.